The molecule has 0 aromatic heterocycles. The number of aromatic hydroxyl groups is 1. The van der Waals surface area contributed by atoms with E-state index in [0.29, 0.717) is 6.07 Å². The fraction of sp³-hybridized carbons (Fsp3) is 0.111. The van der Waals surface area contributed by atoms with Gasteiger partial charge in [0, 0.05) is 6.07 Å². The molecule has 1 nitrogen and oxygen atoms in total. The Hall–Kier alpha value is -1.59. The van der Waals surface area contributed by atoms with E-state index in [0.717, 1.165) is 0 Å². The van der Waals surface area contributed by atoms with Gasteiger partial charge in [0.2, 0.25) is 0 Å². The number of alkyl halides is 3. The second-order valence-corrected chi connectivity index (χ2v) is 2.75. The van der Waals surface area contributed by atoms with Crippen molar-refractivity contribution in [3.8, 4) is 5.75 Å². The molecule has 0 atom stereocenters. The molecular weight excluding hydrogens is 219 g/mol. The smallest absolute Gasteiger partial charge is 0.417 e. The molecule has 0 radical (unpaired) electrons. The molecule has 0 aliphatic carbocycles. The van der Waals surface area contributed by atoms with Crippen LogP contribution in [0.25, 0.3) is 5.83 Å². The Morgan fingerprint density at radius 3 is 2.20 bits per heavy atom. The Labute approximate surface area is 81.5 Å². The molecule has 0 bridgehead atoms. The van der Waals surface area contributed by atoms with Crippen LogP contribution in [-0.2, 0) is 6.18 Å². The molecule has 0 fully saturated rings. The van der Waals surface area contributed by atoms with Crippen molar-refractivity contribution in [3.05, 3.63) is 35.7 Å². The fourth-order valence-corrected chi connectivity index (χ4v) is 1.09. The summed E-state index contributed by atoms with van der Waals surface area (Å²) in [5, 5.41) is 8.77. The van der Waals surface area contributed by atoms with Crippen molar-refractivity contribution < 1.29 is 27.1 Å². The molecule has 1 rings (SSSR count). The van der Waals surface area contributed by atoms with E-state index in [2.05, 4.69) is 6.58 Å². The van der Waals surface area contributed by atoms with Crippen molar-refractivity contribution in [2.24, 2.45) is 0 Å². The Kier molecular flexibility index (Phi) is 2.70. The lowest BCUT2D eigenvalue weighted by Crippen LogP contribution is -2.09. The third-order valence-electron chi connectivity index (χ3n) is 1.65. The van der Waals surface area contributed by atoms with Gasteiger partial charge in [0.05, 0.1) is 11.1 Å². The van der Waals surface area contributed by atoms with Crippen molar-refractivity contribution in [2.45, 2.75) is 6.18 Å². The van der Waals surface area contributed by atoms with Gasteiger partial charge in [-0.2, -0.15) is 13.2 Å². The first-order valence-electron chi connectivity index (χ1n) is 3.68. The quantitative estimate of drug-likeness (QED) is 0.724. The van der Waals surface area contributed by atoms with Crippen LogP contribution in [0.2, 0.25) is 0 Å². The fourth-order valence-electron chi connectivity index (χ4n) is 1.09. The predicted octanol–water partition coefficient (Wildman–Crippen LogP) is 3.49. The molecule has 1 aromatic rings. The Balaban J connectivity index is 3.54. The average molecular weight is 224 g/mol. The van der Waals surface area contributed by atoms with Gasteiger partial charge in [-0.25, -0.2) is 8.78 Å². The zero-order valence-electron chi connectivity index (χ0n) is 7.20. The lowest BCUT2D eigenvalue weighted by molar-refractivity contribution is -0.138. The molecule has 0 saturated heterocycles. The molecule has 0 aliphatic rings. The zero-order valence-corrected chi connectivity index (χ0v) is 7.20. The summed E-state index contributed by atoms with van der Waals surface area (Å²) in [5.74, 6) is -3.97. The highest BCUT2D eigenvalue weighted by atomic mass is 19.4. The van der Waals surface area contributed by atoms with Crippen LogP contribution in [0.1, 0.15) is 11.1 Å². The van der Waals surface area contributed by atoms with E-state index >= 15 is 0 Å². The van der Waals surface area contributed by atoms with Gasteiger partial charge in [0.15, 0.2) is 0 Å². The number of halogens is 5. The highest BCUT2D eigenvalue weighted by Crippen LogP contribution is 2.38. The van der Waals surface area contributed by atoms with Crippen LogP contribution in [0.15, 0.2) is 18.7 Å². The summed E-state index contributed by atoms with van der Waals surface area (Å²) in [4.78, 5) is 0. The number of phenols is 1. The minimum absolute atomic E-state index is 0.239. The summed E-state index contributed by atoms with van der Waals surface area (Å²) in [6, 6.07) is 0.624. The molecule has 6 heteroatoms. The molecule has 15 heavy (non-hydrogen) atoms. The third kappa shape index (κ3) is 2.26. The maximum atomic E-state index is 12.9. The van der Waals surface area contributed by atoms with E-state index in [4.69, 9.17) is 5.11 Å². The van der Waals surface area contributed by atoms with Crippen LogP contribution in [0.5, 0.6) is 5.75 Å². The van der Waals surface area contributed by atoms with E-state index in [9.17, 15) is 22.0 Å². The van der Waals surface area contributed by atoms with E-state index in [1.807, 2.05) is 0 Å². The Bertz CT molecular complexity index is 408. The van der Waals surface area contributed by atoms with Crippen LogP contribution < -0.4 is 0 Å². The second kappa shape index (κ2) is 3.52. The molecular formula is C9H5F5O. The Morgan fingerprint density at radius 1 is 1.27 bits per heavy atom. The first-order chi connectivity index (χ1) is 6.73. The standard InChI is InChI=1S/C9H5F5O/c1-4(10)8-6(9(12,13)14)2-5(15)3-7(8)11/h2-3,15H,1H2. The van der Waals surface area contributed by atoms with Crippen molar-refractivity contribution in [1.82, 2.24) is 0 Å². The first-order valence-corrected chi connectivity index (χ1v) is 3.68. The molecule has 0 spiro atoms. The monoisotopic (exact) mass is 224 g/mol. The summed E-state index contributed by atoms with van der Waals surface area (Å²) < 4.78 is 62.4. The van der Waals surface area contributed by atoms with Gasteiger partial charge < -0.3 is 5.11 Å². The van der Waals surface area contributed by atoms with Gasteiger partial charge in [-0.1, -0.05) is 6.58 Å². The molecule has 1 N–H and O–H groups in total. The second-order valence-electron chi connectivity index (χ2n) is 2.75. The average Bonchev–Trinajstić information content (AvgIpc) is 1.99. The van der Waals surface area contributed by atoms with E-state index < -0.39 is 34.7 Å². The predicted molar refractivity (Wildman–Crippen MR) is 43.2 cm³/mol. The molecule has 0 unspecified atom stereocenters. The minimum atomic E-state index is -4.95. The van der Waals surface area contributed by atoms with Crippen LogP contribution in [-0.4, -0.2) is 5.11 Å². The topological polar surface area (TPSA) is 20.2 Å². The molecule has 82 valence electrons. The summed E-state index contributed by atoms with van der Waals surface area (Å²) in [5.41, 5.74) is -2.87. The molecule has 0 heterocycles. The third-order valence-corrected chi connectivity index (χ3v) is 1.65. The van der Waals surface area contributed by atoms with Crippen molar-refractivity contribution in [1.29, 1.82) is 0 Å². The van der Waals surface area contributed by atoms with E-state index in [1.165, 1.54) is 0 Å². The highest BCUT2D eigenvalue weighted by Gasteiger charge is 2.36. The summed E-state index contributed by atoms with van der Waals surface area (Å²) in [6.07, 6.45) is -4.95. The van der Waals surface area contributed by atoms with Gasteiger partial charge >= 0.3 is 6.18 Å². The SMILES string of the molecule is C=C(F)c1c(F)cc(O)cc1C(F)(F)F. The molecule has 0 aliphatic heterocycles. The lowest BCUT2D eigenvalue weighted by atomic mass is 10.1. The van der Waals surface area contributed by atoms with Gasteiger partial charge in [-0.15, -0.1) is 0 Å². The van der Waals surface area contributed by atoms with E-state index in [1.54, 1.807) is 0 Å². The van der Waals surface area contributed by atoms with Crippen molar-refractivity contribution >= 4 is 5.83 Å². The maximum absolute atomic E-state index is 12.9. The van der Waals surface area contributed by atoms with Crippen LogP contribution in [0.3, 0.4) is 0 Å². The highest BCUT2D eigenvalue weighted by molar-refractivity contribution is 5.63. The molecule has 0 amide bonds. The van der Waals surface area contributed by atoms with Crippen molar-refractivity contribution in [3.63, 3.8) is 0 Å². The first kappa shape index (κ1) is 11.5. The van der Waals surface area contributed by atoms with Gasteiger partial charge in [-0.3, -0.25) is 0 Å². The van der Waals surface area contributed by atoms with E-state index in [-0.39, 0.29) is 6.07 Å². The van der Waals surface area contributed by atoms with Crippen molar-refractivity contribution in [2.75, 3.05) is 0 Å². The summed E-state index contributed by atoms with van der Waals surface area (Å²) in [7, 11) is 0. The van der Waals surface area contributed by atoms with Crippen LogP contribution >= 0.6 is 0 Å². The maximum Gasteiger partial charge on any atom is 0.417 e. The van der Waals surface area contributed by atoms with Gasteiger partial charge in [0.25, 0.3) is 0 Å². The number of benzene rings is 1. The van der Waals surface area contributed by atoms with Crippen LogP contribution in [0.4, 0.5) is 22.0 Å². The summed E-state index contributed by atoms with van der Waals surface area (Å²) in [6.45, 7) is 2.60. The summed E-state index contributed by atoms with van der Waals surface area (Å²) >= 11 is 0. The number of rotatable bonds is 1. The van der Waals surface area contributed by atoms with Gasteiger partial charge in [-0.05, 0) is 6.07 Å². The van der Waals surface area contributed by atoms with Gasteiger partial charge in [0.1, 0.15) is 17.4 Å². The number of hydrogen-bond acceptors (Lipinski definition) is 1. The molecule has 1 aromatic carbocycles. The van der Waals surface area contributed by atoms with Crippen LogP contribution in [0, 0.1) is 5.82 Å². The number of phenolic OH excluding ortho intramolecular Hbond substituents is 1. The lowest BCUT2D eigenvalue weighted by Gasteiger charge is -2.12. The number of hydrogen-bond donors (Lipinski definition) is 1. The molecule has 0 saturated carbocycles. The Morgan fingerprint density at radius 2 is 1.80 bits per heavy atom. The largest absolute Gasteiger partial charge is 0.508 e. The normalized spacial score (nSPS) is 11.5. The minimum Gasteiger partial charge on any atom is -0.508 e. The zero-order chi connectivity index (χ0) is 11.8.